The van der Waals surface area contributed by atoms with Crippen molar-refractivity contribution in [2.45, 2.75) is 71.8 Å². The number of nitrogens with zero attached hydrogens (tertiary/aromatic N) is 1. The van der Waals surface area contributed by atoms with Gasteiger partial charge in [0, 0.05) is 25.6 Å². The molecule has 1 fully saturated rings. The van der Waals surface area contributed by atoms with Crippen molar-refractivity contribution in [3.63, 3.8) is 0 Å². The van der Waals surface area contributed by atoms with Crippen LogP contribution in [-0.4, -0.2) is 41.1 Å². The molecule has 0 bridgehead atoms. The molecule has 0 saturated carbocycles. The van der Waals surface area contributed by atoms with Gasteiger partial charge in [-0.05, 0) is 43.9 Å². The van der Waals surface area contributed by atoms with Crippen molar-refractivity contribution in [1.29, 1.82) is 0 Å². The summed E-state index contributed by atoms with van der Waals surface area (Å²) >= 11 is 0. The highest BCUT2D eigenvalue weighted by Crippen LogP contribution is 2.26. The third-order valence-electron chi connectivity index (χ3n) is 4.45. The van der Waals surface area contributed by atoms with Gasteiger partial charge >= 0.3 is 12.0 Å². The number of urea groups is 1. The number of hydrogen-bond donors (Lipinski definition) is 2. The van der Waals surface area contributed by atoms with Crippen molar-refractivity contribution >= 4 is 12.0 Å². The van der Waals surface area contributed by atoms with Crippen molar-refractivity contribution in [2.75, 3.05) is 13.1 Å². The van der Waals surface area contributed by atoms with Gasteiger partial charge < -0.3 is 15.3 Å². The van der Waals surface area contributed by atoms with Gasteiger partial charge in [-0.3, -0.25) is 4.79 Å². The van der Waals surface area contributed by atoms with Crippen molar-refractivity contribution in [2.24, 2.45) is 5.41 Å². The summed E-state index contributed by atoms with van der Waals surface area (Å²) in [5.41, 5.74) is -0.0578. The molecule has 5 heteroatoms. The predicted molar refractivity (Wildman–Crippen MR) is 83.3 cm³/mol. The van der Waals surface area contributed by atoms with Gasteiger partial charge in [0.1, 0.15) is 0 Å². The lowest BCUT2D eigenvalue weighted by Crippen LogP contribution is -2.48. The normalized spacial score (nSPS) is 19.4. The molecule has 21 heavy (non-hydrogen) atoms. The van der Waals surface area contributed by atoms with Gasteiger partial charge in [-0.1, -0.05) is 20.8 Å². The summed E-state index contributed by atoms with van der Waals surface area (Å²) in [5.74, 6) is -0.758. The maximum Gasteiger partial charge on any atom is 0.317 e. The molecule has 2 amide bonds. The van der Waals surface area contributed by atoms with E-state index in [1.807, 2.05) is 4.90 Å². The Hall–Kier alpha value is -1.26. The Morgan fingerprint density at radius 1 is 1.29 bits per heavy atom. The number of carbonyl (C=O) groups excluding carboxylic acids is 1. The van der Waals surface area contributed by atoms with E-state index in [9.17, 15) is 9.59 Å². The van der Waals surface area contributed by atoms with Crippen LogP contribution in [0.4, 0.5) is 4.79 Å². The molecule has 1 saturated heterocycles. The lowest BCUT2D eigenvalue weighted by molar-refractivity contribution is -0.137. The fourth-order valence-corrected chi connectivity index (χ4v) is 2.87. The number of hydrogen-bond acceptors (Lipinski definition) is 2. The first-order valence-corrected chi connectivity index (χ1v) is 8.12. The molecular weight excluding hydrogens is 268 g/mol. The summed E-state index contributed by atoms with van der Waals surface area (Å²) in [6.45, 7) is 7.70. The number of rotatable bonds is 7. The Morgan fingerprint density at radius 3 is 2.62 bits per heavy atom. The van der Waals surface area contributed by atoms with Crippen LogP contribution >= 0.6 is 0 Å². The smallest absolute Gasteiger partial charge is 0.317 e. The summed E-state index contributed by atoms with van der Waals surface area (Å²) in [6.07, 6.45) is 6.05. The highest BCUT2D eigenvalue weighted by molar-refractivity contribution is 5.74. The molecule has 1 aliphatic rings. The van der Waals surface area contributed by atoms with E-state index in [4.69, 9.17) is 5.11 Å². The van der Waals surface area contributed by atoms with Crippen LogP contribution in [-0.2, 0) is 4.79 Å². The van der Waals surface area contributed by atoms with Gasteiger partial charge in [-0.25, -0.2) is 4.79 Å². The Labute approximate surface area is 128 Å². The van der Waals surface area contributed by atoms with Gasteiger partial charge in [-0.15, -0.1) is 0 Å². The molecule has 0 radical (unpaired) electrons. The summed E-state index contributed by atoms with van der Waals surface area (Å²) in [7, 11) is 0. The molecule has 2 N–H and O–H groups in total. The van der Waals surface area contributed by atoms with E-state index in [0.29, 0.717) is 19.0 Å². The molecule has 5 nitrogen and oxygen atoms in total. The Balaban J connectivity index is 2.33. The highest BCUT2D eigenvalue weighted by atomic mass is 16.4. The van der Waals surface area contributed by atoms with Gasteiger partial charge in [0.2, 0.25) is 0 Å². The number of aliphatic carboxylic acids is 1. The zero-order valence-corrected chi connectivity index (χ0v) is 13.7. The van der Waals surface area contributed by atoms with Crippen LogP contribution in [0.25, 0.3) is 0 Å². The molecule has 0 aromatic rings. The fraction of sp³-hybridized carbons (Fsp3) is 0.875. The molecule has 0 aliphatic carbocycles. The summed E-state index contributed by atoms with van der Waals surface area (Å²) < 4.78 is 0. The number of amides is 2. The van der Waals surface area contributed by atoms with E-state index < -0.39 is 5.97 Å². The average Bonchev–Trinajstić information content (AvgIpc) is 2.45. The van der Waals surface area contributed by atoms with Gasteiger partial charge in [0.05, 0.1) is 0 Å². The van der Waals surface area contributed by atoms with Crippen molar-refractivity contribution in [3.8, 4) is 0 Å². The van der Waals surface area contributed by atoms with E-state index in [-0.39, 0.29) is 17.9 Å². The first-order chi connectivity index (χ1) is 9.85. The minimum absolute atomic E-state index is 0.0376. The standard InChI is InChI=1S/C16H30N2O3/c1-4-13-7-5-6-12-18(13)15(21)17-11-10-16(2,3)9-8-14(19)20/h13H,4-12H2,1-3H3,(H,17,21)(H,19,20). The SMILES string of the molecule is CCC1CCCCN1C(=O)NCCC(C)(C)CCC(=O)O. The molecule has 1 atom stereocenters. The highest BCUT2D eigenvalue weighted by Gasteiger charge is 2.25. The molecule has 0 aromatic carbocycles. The molecule has 1 unspecified atom stereocenters. The Kier molecular flexibility index (Phi) is 6.99. The van der Waals surface area contributed by atoms with E-state index in [0.717, 1.165) is 32.2 Å². The van der Waals surface area contributed by atoms with E-state index in [1.54, 1.807) is 0 Å². The summed E-state index contributed by atoms with van der Waals surface area (Å²) in [4.78, 5) is 24.8. The largest absolute Gasteiger partial charge is 0.481 e. The third-order valence-corrected chi connectivity index (χ3v) is 4.45. The average molecular weight is 298 g/mol. The Morgan fingerprint density at radius 2 is 2.00 bits per heavy atom. The quantitative estimate of drug-likeness (QED) is 0.758. The second-order valence-corrected chi connectivity index (χ2v) is 6.79. The van der Waals surface area contributed by atoms with Crippen LogP contribution in [0.15, 0.2) is 0 Å². The summed E-state index contributed by atoms with van der Waals surface area (Å²) in [5, 5.41) is 11.7. The van der Waals surface area contributed by atoms with E-state index in [2.05, 4.69) is 26.1 Å². The topological polar surface area (TPSA) is 69.6 Å². The van der Waals surface area contributed by atoms with Crippen LogP contribution in [0.1, 0.15) is 65.7 Å². The molecule has 0 spiro atoms. The van der Waals surface area contributed by atoms with Gasteiger partial charge in [0.25, 0.3) is 0 Å². The third kappa shape index (κ3) is 6.36. The number of carboxylic acids is 1. The lowest BCUT2D eigenvalue weighted by Gasteiger charge is -2.35. The van der Waals surface area contributed by atoms with E-state index >= 15 is 0 Å². The monoisotopic (exact) mass is 298 g/mol. The van der Waals surface area contributed by atoms with Crippen LogP contribution in [0.3, 0.4) is 0 Å². The van der Waals surface area contributed by atoms with Crippen molar-refractivity contribution in [3.05, 3.63) is 0 Å². The summed E-state index contributed by atoms with van der Waals surface area (Å²) in [6, 6.07) is 0.411. The molecule has 122 valence electrons. The van der Waals surface area contributed by atoms with Gasteiger partial charge in [-0.2, -0.15) is 0 Å². The Bertz CT molecular complexity index is 355. The van der Waals surface area contributed by atoms with Crippen molar-refractivity contribution < 1.29 is 14.7 Å². The molecule has 1 aliphatic heterocycles. The number of piperidine rings is 1. The zero-order valence-electron chi connectivity index (χ0n) is 13.7. The van der Waals surface area contributed by atoms with E-state index in [1.165, 1.54) is 6.42 Å². The maximum atomic E-state index is 12.2. The molecule has 1 heterocycles. The molecule has 0 aromatic heterocycles. The van der Waals surface area contributed by atoms with Crippen LogP contribution in [0, 0.1) is 5.41 Å². The molecular formula is C16H30N2O3. The van der Waals surface area contributed by atoms with Crippen molar-refractivity contribution in [1.82, 2.24) is 10.2 Å². The lowest BCUT2D eigenvalue weighted by atomic mass is 9.84. The van der Waals surface area contributed by atoms with Crippen LogP contribution in [0.5, 0.6) is 0 Å². The molecule has 1 rings (SSSR count). The second-order valence-electron chi connectivity index (χ2n) is 6.79. The number of likely N-dealkylation sites (tertiary alicyclic amines) is 1. The maximum absolute atomic E-state index is 12.2. The van der Waals surface area contributed by atoms with Gasteiger partial charge in [0.15, 0.2) is 0 Å². The van der Waals surface area contributed by atoms with Crippen LogP contribution < -0.4 is 5.32 Å². The van der Waals surface area contributed by atoms with Crippen LogP contribution in [0.2, 0.25) is 0 Å². The zero-order chi connectivity index (χ0) is 15.9. The first-order valence-electron chi connectivity index (χ1n) is 8.12. The number of carboxylic acid groups (broad SMARTS) is 1. The fourth-order valence-electron chi connectivity index (χ4n) is 2.87. The minimum Gasteiger partial charge on any atom is -0.481 e. The first kappa shape index (κ1) is 17.8. The number of nitrogens with one attached hydrogen (secondary N) is 1. The second kappa shape index (κ2) is 8.25. The minimum atomic E-state index is -0.758. The predicted octanol–water partition coefficient (Wildman–Crippen LogP) is 3.24. The number of carbonyl (C=O) groups is 2.